The quantitative estimate of drug-likeness (QED) is 0.591. The zero-order valence-electron chi connectivity index (χ0n) is 12.9. The molecule has 0 aromatic carbocycles. The number of hydrazine groups is 1. The number of pyridine rings is 1. The van der Waals surface area contributed by atoms with Gasteiger partial charge in [-0.15, -0.1) is 0 Å². The molecule has 0 spiro atoms. The van der Waals surface area contributed by atoms with E-state index in [1.165, 1.54) is 56.2 Å². The van der Waals surface area contributed by atoms with Gasteiger partial charge in [0, 0.05) is 23.9 Å². The molecule has 1 aliphatic carbocycles. The molecule has 1 heterocycles. The van der Waals surface area contributed by atoms with Crippen LogP contribution < -0.4 is 11.3 Å². The molecule has 3 unspecified atom stereocenters. The van der Waals surface area contributed by atoms with E-state index in [-0.39, 0.29) is 0 Å². The van der Waals surface area contributed by atoms with Gasteiger partial charge >= 0.3 is 0 Å². The summed E-state index contributed by atoms with van der Waals surface area (Å²) in [5.74, 6) is 7.06. The molecule has 2 rings (SSSR count). The van der Waals surface area contributed by atoms with Crippen molar-refractivity contribution in [1.82, 2.24) is 10.4 Å². The van der Waals surface area contributed by atoms with Gasteiger partial charge in [-0.3, -0.25) is 16.3 Å². The first kappa shape index (κ1) is 15.5. The van der Waals surface area contributed by atoms with E-state index in [1.807, 2.05) is 6.20 Å². The van der Waals surface area contributed by atoms with Crippen molar-refractivity contribution in [1.29, 1.82) is 0 Å². The molecular weight excluding hydrogens is 246 g/mol. The molecule has 1 aromatic heterocycles. The third-order valence-corrected chi connectivity index (χ3v) is 4.83. The van der Waals surface area contributed by atoms with Crippen molar-refractivity contribution in [2.75, 3.05) is 0 Å². The second-order valence-electron chi connectivity index (χ2n) is 6.05. The smallest absolute Gasteiger partial charge is 0.0482 e. The van der Waals surface area contributed by atoms with Gasteiger partial charge < -0.3 is 0 Å². The topological polar surface area (TPSA) is 50.9 Å². The summed E-state index contributed by atoms with van der Waals surface area (Å²) in [4.78, 5) is 4.67. The number of fused-ring (bicyclic) bond motifs is 1. The number of nitrogens with one attached hydrogen (secondary N) is 1. The number of hydrogen-bond acceptors (Lipinski definition) is 3. The lowest BCUT2D eigenvalue weighted by atomic mass is 9.75. The minimum absolute atomic E-state index is 0.362. The molecule has 0 fully saturated rings. The fourth-order valence-corrected chi connectivity index (χ4v) is 3.68. The third-order valence-electron chi connectivity index (χ3n) is 4.83. The van der Waals surface area contributed by atoms with Crippen LogP contribution >= 0.6 is 0 Å². The first-order chi connectivity index (χ1) is 9.81. The summed E-state index contributed by atoms with van der Waals surface area (Å²) in [5.41, 5.74) is 5.85. The Kier molecular flexibility index (Phi) is 5.99. The molecule has 1 aliphatic rings. The van der Waals surface area contributed by atoms with Crippen molar-refractivity contribution in [2.45, 2.75) is 70.8 Å². The Balaban J connectivity index is 2.19. The average molecular weight is 275 g/mol. The average Bonchev–Trinajstić information content (AvgIpc) is 2.51. The molecule has 3 heteroatoms. The van der Waals surface area contributed by atoms with E-state index >= 15 is 0 Å². The summed E-state index contributed by atoms with van der Waals surface area (Å²) in [6.45, 7) is 4.54. The van der Waals surface area contributed by atoms with Crippen LogP contribution in [0.1, 0.15) is 69.5 Å². The molecule has 20 heavy (non-hydrogen) atoms. The van der Waals surface area contributed by atoms with Gasteiger partial charge in [0.1, 0.15) is 0 Å². The second kappa shape index (κ2) is 7.75. The van der Waals surface area contributed by atoms with Crippen LogP contribution in [0.15, 0.2) is 18.3 Å². The molecule has 0 saturated heterocycles. The Morgan fingerprint density at radius 3 is 3.00 bits per heavy atom. The molecule has 112 valence electrons. The summed E-state index contributed by atoms with van der Waals surface area (Å²) in [6.07, 6.45) is 10.6. The van der Waals surface area contributed by atoms with Gasteiger partial charge in [-0.05, 0) is 43.2 Å². The summed E-state index contributed by atoms with van der Waals surface area (Å²) in [5, 5.41) is 0. The summed E-state index contributed by atoms with van der Waals surface area (Å²) < 4.78 is 0. The first-order valence-electron chi connectivity index (χ1n) is 8.21. The summed E-state index contributed by atoms with van der Waals surface area (Å²) in [7, 11) is 0. The highest BCUT2D eigenvalue weighted by Gasteiger charge is 2.32. The Morgan fingerprint density at radius 1 is 1.45 bits per heavy atom. The largest absolute Gasteiger partial charge is 0.271 e. The van der Waals surface area contributed by atoms with E-state index in [0.29, 0.717) is 17.9 Å². The molecule has 0 amide bonds. The number of nitrogens with zero attached hydrogens (tertiary/aromatic N) is 1. The van der Waals surface area contributed by atoms with Gasteiger partial charge in [-0.25, -0.2) is 0 Å². The Hall–Kier alpha value is -0.930. The minimum Gasteiger partial charge on any atom is -0.271 e. The number of aromatic nitrogens is 1. The van der Waals surface area contributed by atoms with E-state index in [2.05, 4.69) is 36.4 Å². The summed E-state index contributed by atoms with van der Waals surface area (Å²) in [6, 6.07) is 4.65. The van der Waals surface area contributed by atoms with Crippen molar-refractivity contribution in [3.63, 3.8) is 0 Å². The van der Waals surface area contributed by atoms with E-state index < -0.39 is 0 Å². The maximum absolute atomic E-state index is 5.93. The van der Waals surface area contributed by atoms with E-state index in [1.54, 1.807) is 0 Å². The van der Waals surface area contributed by atoms with Crippen LogP contribution in [0.2, 0.25) is 0 Å². The van der Waals surface area contributed by atoms with Crippen molar-refractivity contribution in [2.24, 2.45) is 11.8 Å². The normalized spacial score (nSPS) is 21.2. The second-order valence-corrected chi connectivity index (χ2v) is 6.05. The Morgan fingerprint density at radius 2 is 2.30 bits per heavy atom. The molecule has 3 N–H and O–H groups in total. The maximum atomic E-state index is 5.93. The predicted octanol–water partition coefficient (Wildman–Crippen LogP) is 3.55. The van der Waals surface area contributed by atoms with Crippen molar-refractivity contribution in [3.05, 3.63) is 29.6 Å². The number of hydrogen-bond donors (Lipinski definition) is 2. The van der Waals surface area contributed by atoms with Gasteiger partial charge in [0.2, 0.25) is 0 Å². The zero-order valence-corrected chi connectivity index (χ0v) is 12.9. The van der Waals surface area contributed by atoms with Crippen LogP contribution in [0.4, 0.5) is 0 Å². The van der Waals surface area contributed by atoms with Crippen LogP contribution in [0.5, 0.6) is 0 Å². The molecule has 0 saturated carbocycles. The Bertz CT molecular complexity index is 405. The molecule has 0 bridgehead atoms. The molecule has 1 aromatic rings. The van der Waals surface area contributed by atoms with Gasteiger partial charge in [0.05, 0.1) is 0 Å². The van der Waals surface area contributed by atoms with Crippen LogP contribution in [-0.2, 0) is 6.42 Å². The van der Waals surface area contributed by atoms with E-state index in [0.717, 1.165) is 0 Å². The fourth-order valence-electron chi connectivity index (χ4n) is 3.68. The maximum Gasteiger partial charge on any atom is 0.0482 e. The Labute approximate surface area is 123 Å². The van der Waals surface area contributed by atoms with Crippen LogP contribution in [0.3, 0.4) is 0 Å². The number of unbranched alkanes of at least 4 members (excludes halogenated alkanes) is 1. The molecular formula is C17H29N3. The number of aryl methyl sites for hydroxylation is 1. The summed E-state index contributed by atoms with van der Waals surface area (Å²) >= 11 is 0. The van der Waals surface area contributed by atoms with Crippen LogP contribution in [0.25, 0.3) is 0 Å². The first-order valence-corrected chi connectivity index (χ1v) is 8.21. The molecule has 0 radical (unpaired) electrons. The highest BCUT2D eigenvalue weighted by molar-refractivity contribution is 5.27. The van der Waals surface area contributed by atoms with E-state index in [4.69, 9.17) is 5.84 Å². The standard InChI is InChI=1S/C17H29N3/c1-3-5-8-13(4-2)17(20-18)15-11-6-9-14-10-7-12-19-16(14)15/h7,10,12-13,15,17,20H,3-6,8-9,11,18H2,1-2H3. The monoisotopic (exact) mass is 275 g/mol. The van der Waals surface area contributed by atoms with Gasteiger partial charge in [-0.1, -0.05) is 39.2 Å². The number of nitrogens with two attached hydrogens (primary N) is 1. The minimum atomic E-state index is 0.362. The highest BCUT2D eigenvalue weighted by atomic mass is 15.2. The molecule has 0 aliphatic heterocycles. The van der Waals surface area contributed by atoms with Crippen molar-refractivity contribution >= 4 is 0 Å². The zero-order chi connectivity index (χ0) is 14.4. The van der Waals surface area contributed by atoms with Crippen LogP contribution in [-0.4, -0.2) is 11.0 Å². The predicted molar refractivity (Wildman–Crippen MR) is 84.3 cm³/mol. The van der Waals surface area contributed by atoms with Gasteiger partial charge in [0.15, 0.2) is 0 Å². The fraction of sp³-hybridized carbons (Fsp3) is 0.706. The van der Waals surface area contributed by atoms with Crippen molar-refractivity contribution < 1.29 is 0 Å². The van der Waals surface area contributed by atoms with Gasteiger partial charge in [0.25, 0.3) is 0 Å². The van der Waals surface area contributed by atoms with Crippen LogP contribution in [0, 0.1) is 5.92 Å². The molecule has 3 atom stereocenters. The van der Waals surface area contributed by atoms with E-state index in [9.17, 15) is 0 Å². The lowest BCUT2D eigenvalue weighted by Gasteiger charge is -2.35. The number of rotatable bonds is 7. The molecule has 3 nitrogen and oxygen atoms in total. The third kappa shape index (κ3) is 3.39. The van der Waals surface area contributed by atoms with Gasteiger partial charge in [-0.2, -0.15) is 0 Å². The SMILES string of the molecule is CCCCC(CC)C(NN)C1CCCc2cccnc21. The lowest BCUT2D eigenvalue weighted by Crippen LogP contribution is -2.46. The van der Waals surface area contributed by atoms with Crippen molar-refractivity contribution in [3.8, 4) is 0 Å². The lowest BCUT2D eigenvalue weighted by molar-refractivity contribution is 0.261. The highest BCUT2D eigenvalue weighted by Crippen LogP contribution is 2.36.